The zero-order valence-corrected chi connectivity index (χ0v) is 21.2. The van der Waals surface area contributed by atoms with Crippen LogP contribution in [-0.2, 0) is 11.8 Å². The van der Waals surface area contributed by atoms with E-state index < -0.39 is 11.0 Å². The summed E-state index contributed by atoms with van der Waals surface area (Å²) < 4.78 is 6.86. The van der Waals surface area contributed by atoms with E-state index in [1.54, 1.807) is 0 Å². The van der Waals surface area contributed by atoms with Gasteiger partial charge in [0.25, 0.3) is 0 Å². The molecule has 5 heteroatoms. The van der Waals surface area contributed by atoms with Gasteiger partial charge in [0.05, 0.1) is 12.2 Å². The topological polar surface area (TPSA) is 73.2 Å². The minimum Gasteiger partial charge on any atom is -0.504 e. The van der Waals surface area contributed by atoms with Crippen molar-refractivity contribution < 1.29 is 20.1 Å². The Kier molecular flexibility index (Phi) is 4.08. The smallest absolute Gasteiger partial charge is 0.165 e. The van der Waals surface area contributed by atoms with Crippen LogP contribution in [-0.4, -0.2) is 57.7 Å². The molecule has 4 bridgehead atoms. The summed E-state index contributed by atoms with van der Waals surface area (Å²) in [5.41, 5.74) is 0.649. The molecule has 8 rings (SSSR count). The van der Waals surface area contributed by atoms with E-state index in [2.05, 4.69) is 31.7 Å². The number of hydrogen-bond acceptors (Lipinski definition) is 5. The van der Waals surface area contributed by atoms with Crippen LogP contribution in [0.1, 0.15) is 77.3 Å². The molecular weight excluding hydrogens is 426 g/mol. The largest absolute Gasteiger partial charge is 0.504 e. The number of phenolic OH excluding ortho intramolecular Hbond substituents is 1. The van der Waals surface area contributed by atoms with Gasteiger partial charge in [-0.05, 0) is 87.3 Å². The molecule has 0 amide bonds. The highest BCUT2D eigenvalue weighted by atomic mass is 16.5. The monoisotopic (exact) mass is 467 g/mol. The third-order valence-corrected chi connectivity index (χ3v) is 12.0. The summed E-state index contributed by atoms with van der Waals surface area (Å²) in [6.07, 6.45) is 7.43. The Hall–Kier alpha value is -1.30. The van der Waals surface area contributed by atoms with E-state index in [0.717, 1.165) is 44.6 Å². The van der Waals surface area contributed by atoms with Crippen LogP contribution >= 0.6 is 0 Å². The van der Waals surface area contributed by atoms with Crippen LogP contribution in [0.4, 0.5) is 0 Å². The number of piperidine rings is 1. The molecule has 34 heavy (non-hydrogen) atoms. The van der Waals surface area contributed by atoms with Crippen LogP contribution in [0, 0.1) is 28.1 Å². The zero-order valence-electron chi connectivity index (χ0n) is 21.2. The van der Waals surface area contributed by atoms with E-state index in [1.165, 1.54) is 30.5 Å². The Morgan fingerprint density at radius 2 is 1.88 bits per heavy atom. The fraction of sp³-hybridized carbons (Fsp3) is 0.793. The maximum Gasteiger partial charge on any atom is 0.165 e. The van der Waals surface area contributed by atoms with Gasteiger partial charge < -0.3 is 20.1 Å². The summed E-state index contributed by atoms with van der Waals surface area (Å²) >= 11 is 0. The number of aliphatic hydroxyl groups excluding tert-OH is 1. The molecule has 2 spiro atoms. The number of benzene rings is 1. The lowest BCUT2D eigenvalue weighted by Gasteiger charge is -2.76. The minimum absolute atomic E-state index is 0.00762. The van der Waals surface area contributed by atoms with Gasteiger partial charge in [0.1, 0.15) is 6.10 Å². The number of nitrogens with zero attached hydrogens (tertiary/aromatic N) is 1. The number of aliphatic hydroxyl groups is 2. The number of phenols is 1. The molecule has 5 aliphatic carbocycles. The lowest BCUT2D eigenvalue weighted by Crippen LogP contribution is -2.81. The average molecular weight is 468 g/mol. The molecule has 4 saturated carbocycles. The third kappa shape index (κ3) is 2.25. The van der Waals surface area contributed by atoms with Crippen molar-refractivity contribution in [3.8, 4) is 11.5 Å². The molecule has 3 N–H and O–H groups in total. The van der Waals surface area contributed by atoms with Crippen molar-refractivity contribution in [1.29, 1.82) is 0 Å². The van der Waals surface area contributed by atoms with Gasteiger partial charge in [-0.3, -0.25) is 4.90 Å². The number of hydrogen-bond donors (Lipinski definition) is 3. The molecule has 5 fully saturated rings. The summed E-state index contributed by atoms with van der Waals surface area (Å²) in [5, 5.41) is 34.2. The normalized spacial score (nSPS) is 43.9. The van der Waals surface area contributed by atoms with Gasteiger partial charge in [0.15, 0.2) is 11.5 Å². The Bertz CT molecular complexity index is 1060. The second kappa shape index (κ2) is 6.33. The van der Waals surface area contributed by atoms with E-state index >= 15 is 0 Å². The molecule has 1 aromatic rings. The standard InChI is InChI=1S/C29H41NO4/c1-25(2,3)26(4,33)20-14-28-10-9-27(20,16-31)24-29(28)11-12-30(15-17-5-6-17)21(28)13-18-7-8-19(32)23(34-24)22(18)29/h7-8,17,20-21,24,31-33H,5-6,9-16H2,1-4H3/t20-,21-,24+,26+,27+,28-,29+/m1/s1. The molecule has 7 atom stereocenters. The first-order valence-electron chi connectivity index (χ1n) is 13.6. The van der Waals surface area contributed by atoms with Gasteiger partial charge in [-0.2, -0.15) is 0 Å². The Labute approximate surface area is 203 Å². The second-order valence-corrected chi connectivity index (χ2v) is 14.0. The highest BCUT2D eigenvalue weighted by molar-refractivity contribution is 5.63. The van der Waals surface area contributed by atoms with E-state index in [-0.39, 0.29) is 40.6 Å². The summed E-state index contributed by atoms with van der Waals surface area (Å²) in [6, 6.07) is 4.39. The van der Waals surface area contributed by atoms with Crippen molar-refractivity contribution in [3.05, 3.63) is 23.3 Å². The molecule has 186 valence electrons. The first-order chi connectivity index (χ1) is 16.0. The number of ether oxygens (including phenoxy) is 1. The molecule has 5 nitrogen and oxygen atoms in total. The van der Waals surface area contributed by atoms with Gasteiger partial charge in [0.2, 0.25) is 0 Å². The summed E-state index contributed by atoms with van der Waals surface area (Å²) in [4.78, 5) is 2.80. The average Bonchev–Trinajstić information content (AvgIpc) is 3.53. The molecule has 0 unspecified atom stereocenters. The maximum atomic E-state index is 12.2. The molecule has 2 aliphatic heterocycles. The zero-order chi connectivity index (χ0) is 23.9. The van der Waals surface area contributed by atoms with Crippen LogP contribution in [0.25, 0.3) is 0 Å². The Morgan fingerprint density at radius 3 is 2.56 bits per heavy atom. The first kappa shape index (κ1) is 21.9. The van der Waals surface area contributed by atoms with Crippen molar-refractivity contribution in [3.63, 3.8) is 0 Å². The van der Waals surface area contributed by atoms with Gasteiger partial charge >= 0.3 is 0 Å². The molecule has 0 radical (unpaired) electrons. The van der Waals surface area contributed by atoms with Crippen molar-refractivity contribution in [2.45, 2.75) is 95.8 Å². The molecule has 2 heterocycles. The predicted molar refractivity (Wildman–Crippen MR) is 130 cm³/mol. The van der Waals surface area contributed by atoms with E-state index in [4.69, 9.17) is 4.74 Å². The van der Waals surface area contributed by atoms with E-state index in [0.29, 0.717) is 11.8 Å². The Balaban J connectivity index is 1.47. The van der Waals surface area contributed by atoms with Crippen molar-refractivity contribution in [1.82, 2.24) is 4.90 Å². The van der Waals surface area contributed by atoms with Crippen molar-refractivity contribution in [2.24, 2.45) is 28.1 Å². The fourth-order valence-electron chi connectivity index (χ4n) is 9.74. The van der Waals surface area contributed by atoms with Gasteiger partial charge in [0, 0.05) is 34.4 Å². The second-order valence-electron chi connectivity index (χ2n) is 14.0. The molecule has 0 aromatic heterocycles. The highest BCUT2D eigenvalue weighted by Gasteiger charge is 2.81. The molecule has 7 aliphatic rings. The van der Waals surface area contributed by atoms with Crippen LogP contribution < -0.4 is 4.74 Å². The van der Waals surface area contributed by atoms with Crippen LogP contribution in [0.3, 0.4) is 0 Å². The molecule has 1 aromatic carbocycles. The number of aromatic hydroxyl groups is 1. The lowest BCUT2D eigenvalue weighted by atomic mass is 9.31. The number of rotatable bonds is 4. The quantitative estimate of drug-likeness (QED) is 0.624. The summed E-state index contributed by atoms with van der Waals surface area (Å²) in [5.74, 6) is 1.70. The summed E-state index contributed by atoms with van der Waals surface area (Å²) in [6.45, 7) is 10.7. The van der Waals surface area contributed by atoms with Crippen molar-refractivity contribution in [2.75, 3.05) is 19.7 Å². The van der Waals surface area contributed by atoms with Gasteiger partial charge in [-0.15, -0.1) is 0 Å². The van der Waals surface area contributed by atoms with Gasteiger partial charge in [-0.25, -0.2) is 0 Å². The summed E-state index contributed by atoms with van der Waals surface area (Å²) in [7, 11) is 0. The molecular formula is C29H41NO4. The minimum atomic E-state index is -0.944. The van der Waals surface area contributed by atoms with E-state index in [9.17, 15) is 15.3 Å². The predicted octanol–water partition coefficient (Wildman–Crippen LogP) is 4.01. The SMILES string of the molecule is CC(C)(C)[C@@](C)(O)[C@H]1C[C@@]23CC[C@@]1(CO)[C@@H]1Oc4c(O)ccc5c4[C@@]12CCN(CC1CC1)[C@@H]3C5. The van der Waals surface area contributed by atoms with E-state index in [1.807, 2.05) is 13.0 Å². The fourth-order valence-corrected chi connectivity index (χ4v) is 9.74. The lowest BCUT2D eigenvalue weighted by molar-refractivity contribution is -0.289. The maximum absolute atomic E-state index is 12.2. The van der Waals surface area contributed by atoms with Crippen LogP contribution in [0.2, 0.25) is 0 Å². The number of likely N-dealkylation sites (tertiary alicyclic amines) is 1. The van der Waals surface area contributed by atoms with Crippen LogP contribution in [0.15, 0.2) is 12.1 Å². The molecule has 1 saturated heterocycles. The first-order valence-corrected chi connectivity index (χ1v) is 13.6. The number of fused-ring (bicyclic) bond motifs is 2. The Morgan fingerprint density at radius 1 is 1.12 bits per heavy atom. The van der Waals surface area contributed by atoms with Crippen LogP contribution in [0.5, 0.6) is 11.5 Å². The van der Waals surface area contributed by atoms with Crippen molar-refractivity contribution >= 4 is 0 Å². The highest BCUT2D eigenvalue weighted by Crippen LogP contribution is 2.79. The third-order valence-electron chi connectivity index (χ3n) is 12.0. The van der Waals surface area contributed by atoms with Gasteiger partial charge in [-0.1, -0.05) is 26.8 Å².